The van der Waals surface area contributed by atoms with Crippen molar-refractivity contribution in [2.75, 3.05) is 5.32 Å². The normalized spacial score (nSPS) is 11.3. The minimum atomic E-state index is -0.361. The van der Waals surface area contributed by atoms with Gasteiger partial charge in [-0.1, -0.05) is 29.8 Å². The molecule has 17 heavy (non-hydrogen) atoms. The Hall–Kier alpha value is -1.10. The lowest BCUT2D eigenvalue weighted by atomic mass is 9.95. The van der Waals surface area contributed by atoms with Crippen LogP contribution in [-0.4, -0.2) is 10.5 Å². The number of nitrogens with one attached hydrogen (secondary N) is 1. The molecule has 0 unspecified atom stereocenters. The van der Waals surface area contributed by atoms with Crippen LogP contribution in [0, 0.1) is 10.1 Å². The van der Waals surface area contributed by atoms with E-state index in [0.29, 0.717) is 5.69 Å². The van der Waals surface area contributed by atoms with Crippen LogP contribution in [0.1, 0.15) is 33.6 Å². The van der Waals surface area contributed by atoms with Crippen LogP contribution in [-0.2, 0) is 0 Å². The average molecular weight is 301 g/mol. The highest BCUT2D eigenvalue weighted by Crippen LogP contribution is 2.31. The number of hydrogen-bond acceptors (Lipinski definition) is 3. The summed E-state index contributed by atoms with van der Waals surface area (Å²) in [4.78, 5) is 10.6. The average Bonchev–Trinajstić information content (AvgIpc) is 2.28. The van der Waals surface area contributed by atoms with Crippen LogP contribution in [0.2, 0.25) is 0 Å². The predicted octanol–water partition coefficient (Wildman–Crippen LogP) is 4.35. The monoisotopic (exact) mass is 300 g/mol. The molecule has 94 valence electrons. The van der Waals surface area contributed by atoms with Gasteiger partial charge in [-0.15, -0.1) is 0 Å². The van der Waals surface area contributed by atoms with Gasteiger partial charge in [0.05, 0.1) is 4.92 Å². The Morgan fingerprint density at radius 2 is 2.00 bits per heavy atom. The third-order valence-electron chi connectivity index (χ3n) is 3.15. The molecule has 0 aromatic heterocycles. The van der Waals surface area contributed by atoms with Crippen LogP contribution in [0.25, 0.3) is 0 Å². The van der Waals surface area contributed by atoms with Gasteiger partial charge in [-0.25, -0.2) is 0 Å². The molecule has 4 nitrogen and oxygen atoms in total. The van der Waals surface area contributed by atoms with Gasteiger partial charge >= 0.3 is 0 Å². The van der Waals surface area contributed by atoms with Crippen LogP contribution in [0.15, 0.2) is 22.7 Å². The summed E-state index contributed by atoms with van der Waals surface area (Å²) in [5.74, 6) is 0. The first kappa shape index (κ1) is 14.0. The van der Waals surface area contributed by atoms with Crippen LogP contribution in [0.5, 0.6) is 0 Å². The van der Waals surface area contributed by atoms with E-state index in [1.165, 1.54) is 6.07 Å². The fraction of sp³-hybridized carbons (Fsp3) is 0.500. The maximum Gasteiger partial charge on any atom is 0.292 e. The minimum Gasteiger partial charge on any atom is -0.374 e. The molecule has 1 aromatic rings. The number of nitro groups is 1. The molecule has 0 saturated heterocycles. The van der Waals surface area contributed by atoms with E-state index in [4.69, 9.17) is 0 Å². The minimum absolute atomic E-state index is 0.112. The summed E-state index contributed by atoms with van der Waals surface area (Å²) in [5, 5.41) is 14.2. The predicted molar refractivity (Wildman–Crippen MR) is 73.4 cm³/mol. The summed E-state index contributed by atoms with van der Waals surface area (Å²) >= 11 is 3.33. The van der Waals surface area contributed by atoms with Crippen LogP contribution in [0.3, 0.4) is 0 Å². The molecule has 1 aromatic carbocycles. The Bertz CT molecular complexity index is 417. The Morgan fingerprint density at radius 3 is 2.47 bits per heavy atom. The van der Waals surface area contributed by atoms with Crippen molar-refractivity contribution < 1.29 is 4.92 Å². The molecular weight excluding hydrogens is 284 g/mol. The zero-order valence-corrected chi connectivity index (χ0v) is 11.9. The van der Waals surface area contributed by atoms with Gasteiger partial charge in [0, 0.05) is 16.1 Å². The Morgan fingerprint density at radius 1 is 1.41 bits per heavy atom. The third kappa shape index (κ3) is 3.43. The summed E-state index contributed by atoms with van der Waals surface area (Å²) < 4.78 is 0.833. The van der Waals surface area contributed by atoms with E-state index < -0.39 is 0 Å². The molecule has 0 heterocycles. The van der Waals surface area contributed by atoms with Crippen molar-refractivity contribution >= 4 is 27.3 Å². The lowest BCUT2D eigenvalue weighted by Crippen LogP contribution is -2.33. The molecular formula is C12H17BrN2O2. The summed E-state index contributed by atoms with van der Waals surface area (Å²) in [7, 11) is 0. The van der Waals surface area contributed by atoms with Gasteiger partial charge in [-0.05, 0) is 31.9 Å². The van der Waals surface area contributed by atoms with Crippen molar-refractivity contribution in [3.8, 4) is 0 Å². The lowest BCUT2D eigenvalue weighted by molar-refractivity contribution is -0.384. The van der Waals surface area contributed by atoms with Gasteiger partial charge in [-0.2, -0.15) is 0 Å². The van der Waals surface area contributed by atoms with Crippen molar-refractivity contribution in [3.63, 3.8) is 0 Å². The number of nitrogens with zero attached hydrogens (tertiary/aromatic N) is 1. The van der Waals surface area contributed by atoms with E-state index in [1.54, 1.807) is 12.1 Å². The summed E-state index contributed by atoms with van der Waals surface area (Å²) in [5.41, 5.74) is 0.558. The first-order valence-electron chi connectivity index (χ1n) is 5.64. The number of hydrogen-bond donors (Lipinski definition) is 1. The summed E-state index contributed by atoms with van der Waals surface area (Å²) in [6.07, 6.45) is 1.82. The molecule has 0 saturated carbocycles. The number of halogens is 1. The molecule has 0 atom stereocenters. The van der Waals surface area contributed by atoms with Crippen molar-refractivity contribution in [1.29, 1.82) is 0 Å². The fourth-order valence-electron chi connectivity index (χ4n) is 1.52. The van der Waals surface area contributed by atoms with Crippen molar-refractivity contribution in [1.82, 2.24) is 0 Å². The van der Waals surface area contributed by atoms with Gasteiger partial charge in [0.15, 0.2) is 0 Å². The molecule has 0 radical (unpaired) electrons. The van der Waals surface area contributed by atoms with E-state index in [9.17, 15) is 10.1 Å². The van der Waals surface area contributed by atoms with E-state index in [1.807, 2.05) is 0 Å². The van der Waals surface area contributed by atoms with Gasteiger partial charge in [-0.3, -0.25) is 10.1 Å². The summed E-state index contributed by atoms with van der Waals surface area (Å²) in [6.45, 7) is 6.21. The molecule has 1 N–H and O–H groups in total. The number of nitro benzene ring substituents is 1. The van der Waals surface area contributed by atoms with Crippen LogP contribution >= 0.6 is 15.9 Å². The largest absolute Gasteiger partial charge is 0.374 e. The Balaban J connectivity index is 3.12. The number of benzene rings is 1. The van der Waals surface area contributed by atoms with Crippen LogP contribution < -0.4 is 5.32 Å². The van der Waals surface area contributed by atoms with E-state index in [2.05, 4.69) is 42.0 Å². The molecule has 0 aliphatic heterocycles. The first-order chi connectivity index (χ1) is 7.91. The molecule has 0 bridgehead atoms. The molecule has 0 spiro atoms. The second kappa shape index (κ2) is 5.49. The Kier molecular flexibility index (Phi) is 4.51. The highest BCUT2D eigenvalue weighted by Gasteiger charge is 2.23. The third-order valence-corrected chi connectivity index (χ3v) is 3.65. The molecule has 0 aliphatic rings. The maximum atomic E-state index is 10.9. The Labute approximate surface area is 110 Å². The van der Waals surface area contributed by atoms with Gasteiger partial charge in [0.2, 0.25) is 0 Å². The molecule has 0 aliphatic carbocycles. The fourth-order valence-corrected chi connectivity index (χ4v) is 1.88. The molecule has 1 rings (SSSR count). The zero-order chi connectivity index (χ0) is 13.1. The van der Waals surface area contributed by atoms with E-state index >= 15 is 0 Å². The molecule has 0 fully saturated rings. The van der Waals surface area contributed by atoms with Crippen molar-refractivity contribution in [2.45, 2.75) is 39.2 Å². The van der Waals surface area contributed by atoms with Gasteiger partial charge in [0.25, 0.3) is 5.69 Å². The SMILES string of the molecule is CCC(C)(CC)Nc1cc(Br)ccc1[N+](=O)[O-]. The second-order valence-corrected chi connectivity index (χ2v) is 5.23. The van der Waals surface area contributed by atoms with Crippen molar-refractivity contribution in [3.05, 3.63) is 32.8 Å². The van der Waals surface area contributed by atoms with E-state index in [-0.39, 0.29) is 16.1 Å². The van der Waals surface area contributed by atoms with E-state index in [0.717, 1.165) is 17.3 Å². The highest BCUT2D eigenvalue weighted by atomic mass is 79.9. The van der Waals surface area contributed by atoms with Gasteiger partial charge < -0.3 is 5.32 Å². The summed E-state index contributed by atoms with van der Waals surface area (Å²) in [6, 6.07) is 4.94. The lowest BCUT2D eigenvalue weighted by Gasteiger charge is -2.29. The van der Waals surface area contributed by atoms with Gasteiger partial charge in [0.1, 0.15) is 5.69 Å². The number of anilines is 1. The van der Waals surface area contributed by atoms with Crippen molar-refractivity contribution in [2.24, 2.45) is 0 Å². The standard InChI is InChI=1S/C12H17BrN2O2/c1-4-12(3,5-2)14-10-8-9(13)6-7-11(10)15(16)17/h6-8,14H,4-5H2,1-3H3. The maximum absolute atomic E-state index is 10.9. The topological polar surface area (TPSA) is 55.2 Å². The zero-order valence-electron chi connectivity index (χ0n) is 10.3. The second-order valence-electron chi connectivity index (χ2n) is 4.31. The highest BCUT2D eigenvalue weighted by molar-refractivity contribution is 9.10. The quantitative estimate of drug-likeness (QED) is 0.650. The van der Waals surface area contributed by atoms with Crippen LogP contribution in [0.4, 0.5) is 11.4 Å². The number of rotatable bonds is 5. The molecule has 5 heteroatoms. The molecule has 0 amide bonds. The first-order valence-corrected chi connectivity index (χ1v) is 6.43. The smallest absolute Gasteiger partial charge is 0.292 e.